The molecule has 0 aliphatic carbocycles. The number of benzene rings is 1. The van der Waals surface area contributed by atoms with Gasteiger partial charge in [0.25, 0.3) is 0 Å². The molecule has 0 fully saturated rings. The summed E-state index contributed by atoms with van der Waals surface area (Å²) in [7, 11) is -4.06. The first-order valence-electron chi connectivity index (χ1n) is 4.12. The van der Waals surface area contributed by atoms with Crippen LogP contribution in [-0.4, -0.2) is 24.4 Å². The Morgan fingerprint density at radius 2 is 1.80 bits per heavy atom. The van der Waals surface area contributed by atoms with Crippen molar-refractivity contribution in [3.05, 3.63) is 30.3 Å². The molecule has 1 aromatic carbocycles. The smallest absolute Gasteiger partial charge is 0.339 e. The van der Waals surface area contributed by atoms with Crippen molar-refractivity contribution in [2.75, 3.05) is 0 Å². The lowest BCUT2D eigenvalue weighted by atomic mass is 10.4. The van der Waals surface area contributed by atoms with Crippen LogP contribution in [0, 0.1) is 0 Å². The van der Waals surface area contributed by atoms with Gasteiger partial charge in [-0.15, -0.1) is 0 Å². The molecule has 1 aromatic rings. The topological polar surface area (TPSA) is 97.5 Å². The van der Waals surface area contributed by atoms with Crippen LogP contribution in [0.2, 0.25) is 0 Å². The minimum absolute atomic E-state index is 0.0996. The lowest BCUT2D eigenvalue weighted by Crippen LogP contribution is -2.51. The zero-order valence-electron chi connectivity index (χ0n) is 8.04. The van der Waals surface area contributed by atoms with Gasteiger partial charge in [-0.25, -0.2) is 13.2 Å². The van der Waals surface area contributed by atoms with Gasteiger partial charge in [-0.2, -0.15) is 0 Å². The summed E-state index contributed by atoms with van der Waals surface area (Å²) >= 11 is 0. The fourth-order valence-electron chi connectivity index (χ4n) is 0.959. The minimum Gasteiger partial charge on any atom is -0.479 e. The lowest BCUT2D eigenvalue weighted by molar-refractivity contribution is -0.139. The van der Waals surface area contributed by atoms with E-state index in [9.17, 15) is 13.2 Å². The molecule has 1 rings (SSSR count). The number of carbonyl (C=O) groups is 1. The third-order valence-electron chi connectivity index (χ3n) is 2.04. The zero-order valence-corrected chi connectivity index (χ0v) is 8.86. The Bertz CT molecular complexity index is 464. The largest absolute Gasteiger partial charge is 0.479 e. The number of hydrogen-bond donors (Lipinski definition) is 2. The third kappa shape index (κ3) is 1.86. The van der Waals surface area contributed by atoms with Crippen LogP contribution in [0.25, 0.3) is 0 Å². The standard InChI is InChI=1S/C9H11NO4S/c1-9(10,8(11)12)15(13,14)7-5-3-2-4-6-7/h2-6H,10H2,1H3,(H,11,12). The molecule has 0 aliphatic rings. The second kappa shape index (κ2) is 3.63. The van der Waals surface area contributed by atoms with E-state index in [1.807, 2.05) is 0 Å². The Morgan fingerprint density at radius 3 is 2.20 bits per heavy atom. The van der Waals surface area contributed by atoms with E-state index in [1.54, 1.807) is 6.07 Å². The lowest BCUT2D eigenvalue weighted by Gasteiger charge is -2.19. The highest BCUT2D eigenvalue weighted by Gasteiger charge is 2.43. The highest BCUT2D eigenvalue weighted by atomic mass is 32.2. The molecule has 0 aliphatic heterocycles. The molecule has 1 unspecified atom stereocenters. The second-order valence-electron chi connectivity index (χ2n) is 3.23. The van der Waals surface area contributed by atoms with Crippen LogP contribution in [0.5, 0.6) is 0 Å². The normalized spacial score (nSPS) is 15.6. The molecule has 3 N–H and O–H groups in total. The maximum atomic E-state index is 11.8. The van der Waals surface area contributed by atoms with Crippen molar-refractivity contribution in [1.82, 2.24) is 0 Å². The molecule has 1 atom stereocenters. The van der Waals surface area contributed by atoms with E-state index in [0.29, 0.717) is 0 Å². The number of rotatable bonds is 3. The average molecular weight is 229 g/mol. The first-order chi connectivity index (χ1) is 6.80. The fraction of sp³-hybridized carbons (Fsp3) is 0.222. The number of nitrogens with two attached hydrogens (primary N) is 1. The average Bonchev–Trinajstić information content (AvgIpc) is 2.18. The summed E-state index contributed by atoms with van der Waals surface area (Å²) in [4.78, 5) is 8.33. The van der Waals surface area contributed by atoms with Crippen LogP contribution in [0.15, 0.2) is 35.2 Å². The minimum atomic E-state index is -4.06. The molecule has 0 saturated carbocycles. The number of carboxylic acids is 1. The van der Waals surface area contributed by atoms with Gasteiger partial charge in [0, 0.05) is 0 Å². The van der Waals surface area contributed by atoms with Crippen LogP contribution < -0.4 is 5.73 Å². The molecule has 0 amide bonds. The Labute approximate surface area is 87.4 Å². The van der Waals surface area contributed by atoms with E-state index in [4.69, 9.17) is 10.8 Å². The van der Waals surface area contributed by atoms with Crippen LogP contribution >= 0.6 is 0 Å². The van der Waals surface area contributed by atoms with E-state index in [2.05, 4.69) is 0 Å². The Kier molecular flexibility index (Phi) is 2.83. The van der Waals surface area contributed by atoms with Crippen molar-refractivity contribution < 1.29 is 18.3 Å². The molecule has 0 radical (unpaired) electrons. The maximum Gasteiger partial charge on any atom is 0.339 e. The van der Waals surface area contributed by atoms with Crippen molar-refractivity contribution in [3.8, 4) is 0 Å². The van der Waals surface area contributed by atoms with Crippen molar-refractivity contribution in [1.29, 1.82) is 0 Å². The molecule has 0 spiro atoms. The molecule has 15 heavy (non-hydrogen) atoms. The molecular formula is C9H11NO4S. The van der Waals surface area contributed by atoms with Gasteiger partial charge >= 0.3 is 5.97 Å². The monoisotopic (exact) mass is 229 g/mol. The Balaban J connectivity index is 3.33. The van der Waals surface area contributed by atoms with E-state index < -0.39 is 20.7 Å². The summed E-state index contributed by atoms with van der Waals surface area (Å²) in [5.41, 5.74) is 5.28. The van der Waals surface area contributed by atoms with Crippen molar-refractivity contribution >= 4 is 15.8 Å². The molecule has 6 heteroatoms. The van der Waals surface area contributed by atoms with E-state index in [0.717, 1.165) is 6.92 Å². The van der Waals surface area contributed by atoms with Crippen LogP contribution in [0.1, 0.15) is 6.92 Å². The molecule has 5 nitrogen and oxygen atoms in total. The van der Waals surface area contributed by atoms with Gasteiger partial charge in [-0.3, -0.25) is 0 Å². The maximum absolute atomic E-state index is 11.8. The van der Waals surface area contributed by atoms with Gasteiger partial charge < -0.3 is 10.8 Å². The van der Waals surface area contributed by atoms with Crippen LogP contribution in [0.3, 0.4) is 0 Å². The van der Waals surface area contributed by atoms with Gasteiger partial charge in [0.15, 0.2) is 0 Å². The second-order valence-corrected chi connectivity index (χ2v) is 5.56. The molecule has 0 saturated heterocycles. The predicted molar refractivity (Wildman–Crippen MR) is 53.9 cm³/mol. The van der Waals surface area contributed by atoms with Crippen molar-refractivity contribution in [2.24, 2.45) is 5.73 Å². The summed E-state index contributed by atoms with van der Waals surface area (Å²) in [6.45, 7) is 0.956. The molecule has 0 bridgehead atoms. The van der Waals surface area contributed by atoms with E-state index in [-0.39, 0.29) is 4.90 Å². The van der Waals surface area contributed by atoms with Crippen LogP contribution in [-0.2, 0) is 14.6 Å². The van der Waals surface area contributed by atoms with Gasteiger partial charge in [-0.05, 0) is 19.1 Å². The van der Waals surface area contributed by atoms with Gasteiger partial charge in [0.2, 0.25) is 14.7 Å². The number of carboxylic acid groups (broad SMARTS) is 1. The summed E-state index contributed by atoms with van der Waals surface area (Å²) in [6, 6.07) is 7.26. The summed E-state index contributed by atoms with van der Waals surface area (Å²) in [6.07, 6.45) is 0. The Morgan fingerprint density at radius 1 is 1.33 bits per heavy atom. The van der Waals surface area contributed by atoms with Crippen molar-refractivity contribution in [2.45, 2.75) is 16.7 Å². The number of hydrogen-bond acceptors (Lipinski definition) is 4. The molecule has 0 aromatic heterocycles. The fourth-order valence-corrected chi connectivity index (χ4v) is 2.19. The molecule has 0 heterocycles. The summed E-state index contributed by atoms with van der Waals surface area (Å²) in [5, 5.41) is 8.73. The predicted octanol–water partition coefficient (Wildman–Crippen LogP) is 0.220. The number of sulfone groups is 1. The first-order valence-corrected chi connectivity index (χ1v) is 5.60. The number of aliphatic carboxylic acids is 1. The molecule has 82 valence electrons. The molecular weight excluding hydrogens is 218 g/mol. The Hall–Kier alpha value is -1.40. The van der Waals surface area contributed by atoms with E-state index in [1.165, 1.54) is 24.3 Å². The zero-order chi connectivity index (χ0) is 11.7. The van der Waals surface area contributed by atoms with Gasteiger partial charge in [0.1, 0.15) is 0 Å². The van der Waals surface area contributed by atoms with Crippen molar-refractivity contribution in [3.63, 3.8) is 0 Å². The quantitative estimate of drug-likeness (QED) is 0.772. The highest BCUT2D eigenvalue weighted by Crippen LogP contribution is 2.21. The third-order valence-corrected chi connectivity index (χ3v) is 4.22. The summed E-state index contributed by atoms with van der Waals surface area (Å²) < 4.78 is 23.6. The van der Waals surface area contributed by atoms with Crippen LogP contribution in [0.4, 0.5) is 0 Å². The summed E-state index contributed by atoms with van der Waals surface area (Å²) in [5.74, 6) is -1.58. The highest BCUT2D eigenvalue weighted by molar-refractivity contribution is 7.93. The van der Waals surface area contributed by atoms with Gasteiger partial charge in [-0.1, -0.05) is 18.2 Å². The van der Waals surface area contributed by atoms with Gasteiger partial charge in [0.05, 0.1) is 4.90 Å². The first kappa shape index (κ1) is 11.7. The van der Waals surface area contributed by atoms with E-state index >= 15 is 0 Å². The SMILES string of the molecule is CC(N)(C(=O)O)S(=O)(=O)c1ccccc1.